The second kappa shape index (κ2) is 8.84. The zero-order valence-corrected chi connectivity index (χ0v) is 17.6. The minimum atomic E-state index is -0.885. The van der Waals surface area contributed by atoms with Crippen LogP contribution in [0, 0.1) is 0 Å². The van der Waals surface area contributed by atoms with E-state index in [1.54, 1.807) is 12.1 Å². The number of piperidine rings is 1. The first kappa shape index (κ1) is 21.0. The molecule has 1 fully saturated rings. The van der Waals surface area contributed by atoms with Gasteiger partial charge in [0, 0.05) is 19.1 Å². The Kier molecular flexibility index (Phi) is 5.99. The molecule has 1 aromatic heterocycles. The predicted octanol–water partition coefficient (Wildman–Crippen LogP) is 3.00. The van der Waals surface area contributed by atoms with Crippen molar-refractivity contribution in [2.45, 2.75) is 18.9 Å². The van der Waals surface area contributed by atoms with Gasteiger partial charge in [-0.05, 0) is 31.0 Å². The van der Waals surface area contributed by atoms with Gasteiger partial charge in [-0.3, -0.25) is 0 Å². The number of carbonyl (C=O) groups excluding carboxylic acids is 1. The minimum Gasteiger partial charge on any atom is -0.485 e. The minimum absolute atomic E-state index is 0.170. The molecule has 0 atom stereocenters. The number of nitrogens with one attached hydrogen (secondary N) is 1. The molecule has 3 heterocycles. The molecule has 2 N–H and O–H groups in total. The number of hydrogen-bond acceptors (Lipinski definition) is 8. The largest absolute Gasteiger partial charge is 0.485 e. The monoisotopic (exact) mass is 447 g/mol. The number of amides is 1. The maximum Gasteiger partial charge on any atom is 0.407 e. The van der Waals surface area contributed by atoms with Crippen LogP contribution in [0.4, 0.5) is 22.1 Å². The Balaban J connectivity index is 1.55. The lowest BCUT2D eigenvalue weighted by Gasteiger charge is -2.40. The molecule has 0 aliphatic carbocycles. The third-order valence-electron chi connectivity index (χ3n) is 5.45. The van der Waals surface area contributed by atoms with Gasteiger partial charge >= 0.3 is 12.1 Å². The number of carbonyl (C=O) groups is 2. The molecule has 0 spiro atoms. The van der Waals surface area contributed by atoms with Crippen molar-refractivity contribution in [1.82, 2.24) is 14.9 Å². The summed E-state index contributed by atoms with van der Waals surface area (Å²) in [5.74, 6) is 1.17. The van der Waals surface area contributed by atoms with E-state index >= 15 is 0 Å². The zero-order chi connectivity index (χ0) is 22.0. The molecule has 1 amide bonds. The van der Waals surface area contributed by atoms with Gasteiger partial charge < -0.3 is 29.7 Å². The van der Waals surface area contributed by atoms with E-state index in [9.17, 15) is 14.7 Å². The van der Waals surface area contributed by atoms with Crippen molar-refractivity contribution in [3.05, 3.63) is 35.1 Å². The van der Waals surface area contributed by atoms with Crippen LogP contribution in [0.3, 0.4) is 0 Å². The number of nitrogens with zero attached hydrogens (tertiary/aromatic N) is 4. The van der Waals surface area contributed by atoms with Gasteiger partial charge in [0.25, 0.3) is 0 Å². The van der Waals surface area contributed by atoms with Crippen LogP contribution >= 0.6 is 11.6 Å². The van der Waals surface area contributed by atoms with E-state index in [0.29, 0.717) is 59.9 Å². The SMILES string of the molecule is COC(=O)c1ccc(Nc2ncnc3c2OCCN3C2CCN(C(=O)O)CC2)c(Cl)c1. The summed E-state index contributed by atoms with van der Waals surface area (Å²) >= 11 is 6.34. The number of hydrogen-bond donors (Lipinski definition) is 2. The van der Waals surface area contributed by atoms with Crippen LogP contribution in [0.2, 0.25) is 5.02 Å². The first-order chi connectivity index (χ1) is 15.0. The quantitative estimate of drug-likeness (QED) is 0.682. The number of benzene rings is 1. The number of rotatable bonds is 4. The van der Waals surface area contributed by atoms with E-state index in [4.69, 9.17) is 21.1 Å². The molecule has 10 nitrogen and oxygen atoms in total. The highest BCUT2D eigenvalue weighted by Gasteiger charge is 2.32. The van der Waals surface area contributed by atoms with Crippen molar-refractivity contribution >= 4 is 41.0 Å². The van der Waals surface area contributed by atoms with Gasteiger partial charge in [-0.25, -0.2) is 19.6 Å². The van der Waals surface area contributed by atoms with E-state index in [0.717, 1.165) is 12.8 Å². The third-order valence-corrected chi connectivity index (χ3v) is 5.77. The summed E-state index contributed by atoms with van der Waals surface area (Å²) in [6.07, 6.45) is 2.01. The Morgan fingerprint density at radius 2 is 2.03 bits per heavy atom. The van der Waals surface area contributed by atoms with E-state index in [1.165, 1.54) is 24.4 Å². The van der Waals surface area contributed by atoms with Crippen LogP contribution in [0.1, 0.15) is 23.2 Å². The van der Waals surface area contributed by atoms with E-state index < -0.39 is 12.1 Å². The molecule has 0 unspecified atom stereocenters. The standard InChI is InChI=1S/C20H22ClN5O5/c1-30-19(27)12-2-3-15(14(21)10-12)24-17-16-18(23-11-22-17)26(8-9-31-16)13-4-6-25(7-5-13)20(28)29/h2-3,10-11,13H,4-9H2,1H3,(H,28,29)(H,22,23,24). The molecule has 2 aromatic rings. The van der Waals surface area contributed by atoms with Gasteiger partial charge in [-0.1, -0.05) is 11.6 Å². The van der Waals surface area contributed by atoms with E-state index in [-0.39, 0.29) is 6.04 Å². The van der Waals surface area contributed by atoms with Gasteiger partial charge in [0.15, 0.2) is 11.6 Å². The summed E-state index contributed by atoms with van der Waals surface area (Å²) in [7, 11) is 1.31. The lowest BCUT2D eigenvalue weighted by atomic mass is 10.0. The van der Waals surface area contributed by atoms with Crippen molar-refractivity contribution < 1.29 is 24.2 Å². The first-order valence-corrected chi connectivity index (χ1v) is 10.2. The van der Waals surface area contributed by atoms with Crippen LogP contribution in [-0.2, 0) is 4.74 Å². The Labute approximate surface area is 183 Å². The number of halogens is 1. The average Bonchev–Trinajstić information content (AvgIpc) is 2.79. The maximum absolute atomic E-state index is 11.7. The molecular formula is C20H22ClN5O5. The molecule has 11 heteroatoms. The normalized spacial score (nSPS) is 16.3. The number of ether oxygens (including phenoxy) is 2. The fraction of sp³-hybridized carbons (Fsp3) is 0.400. The molecule has 164 valence electrons. The Morgan fingerprint density at radius 3 is 2.71 bits per heavy atom. The Morgan fingerprint density at radius 1 is 1.26 bits per heavy atom. The molecular weight excluding hydrogens is 426 g/mol. The highest BCUT2D eigenvalue weighted by atomic mass is 35.5. The summed E-state index contributed by atoms with van der Waals surface area (Å²) in [6.45, 7) is 2.11. The van der Waals surface area contributed by atoms with Crippen molar-refractivity contribution in [3.8, 4) is 5.75 Å². The topological polar surface area (TPSA) is 117 Å². The van der Waals surface area contributed by atoms with Gasteiger partial charge in [0.05, 0.1) is 29.9 Å². The number of likely N-dealkylation sites (tertiary alicyclic amines) is 1. The van der Waals surface area contributed by atoms with Crippen molar-refractivity contribution in [2.75, 3.05) is 43.6 Å². The first-order valence-electron chi connectivity index (χ1n) is 9.85. The third kappa shape index (κ3) is 4.29. The van der Waals surface area contributed by atoms with Crippen LogP contribution in [-0.4, -0.2) is 71.4 Å². The van der Waals surface area contributed by atoms with Gasteiger partial charge in [0.2, 0.25) is 5.75 Å². The average molecular weight is 448 g/mol. The molecule has 1 saturated heterocycles. The van der Waals surface area contributed by atoms with Crippen LogP contribution in [0.25, 0.3) is 0 Å². The fourth-order valence-corrected chi connectivity index (χ4v) is 4.08. The Hall–Kier alpha value is -3.27. The van der Waals surface area contributed by atoms with Crippen LogP contribution < -0.4 is 15.0 Å². The van der Waals surface area contributed by atoms with Crippen molar-refractivity contribution in [3.63, 3.8) is 0 Å². The van der Waals surface area contributed by atoms with Gasteiger partial charge in [-0.15, -0.1) is 0 Å². The molecule has 2 aliphatic rings. The smallest absolute Gasteiger partial charge is 0.407 e. The number of aromatic nitrogens is 2. The van der Waals surface area contributed by atoms with E-state index in [2.05, 4.69) is 20.2 Å². The van der Waals surface area contributed by atoms with Gasteiger partial charge in [-0.2, -0.15) is 0 Å². The highest BCUT2D eigenvalue weighted by molar-refractivity contribution is 6.33. The van der Waals surface area contributed by atoms with Crippen molar-refractivity contribution in [2.24, 2.45) is 0 Å². The predicted molar refractivity (Wildman–Crippen MR) is 114 cm³/mol. The van der Waals surface area contributed by atoms with Crippen molar-refractivity contribution in [1.29, 1.82) is 0 Å². The lowest BCUT2D eigenvalue weighted by molar-refractivity contribution is 0.0600. The molecule has 1 aromatic carbocycles. The molecule has 31 heavy (non-hydrogen) atoms. The van der Waals surface area contributed by atoms with Crippen LogP contribution in [0.5, 0.6) is 5.75 Å². The summed E-state index contributed by atoms with van der Waals surface area (Å²) in [5.41, 5.74) is 0.906. The molecule has 0 bridgehead atoms. The Bertz CT molecular complexity index is 996. The summed E-state index contributed by atoms with van der Waals surface area (Å²) in [6, 6.07) is 4.97. The summed E-state index contributed by atoms with van der Waals surface area (Å²) in [5, 5.41) is 12.7. The maximum atomic E-state index is 11.7. The molecule has 2 aliphatic heterocycles. The second-order valence-electron chi connectivity index (χ2n) is 7.23. The molecule has 4 rings (SSSR count). The summed E-state index contributed by atoms with van der Waals surface area (Å²) in [4.78, 5) is 35.2. The fourth-order valence-electron chi connectivity index (χ4n) is 3.86. The zero-order valence-electron chi connectivity index (χ0n) is 16.9. The number of esters is 1. The van der Waals surface area contributed by atoms with Crippen LogP contribution in [0.15, 0.2) is 24.5 Å². The highest BCUT2D eigenvalue weighted by Crippen LogP contribution is 2.39. The summed E-state index contributed by atoms with van der Waals surface area (Å²) < 4.78 is 10.6. The lowest BCUT2D eigenvalue weighted by Crippen LogP contribution is -2.49. The second-order valence-corrected chi connectivity index (χ2v) is 7.64. The number of fused-ring (bicyclic) bond motifs is 1. The van der Waals surface area contributed by atoms with E-state index in [1.807, 2.05) is 0 Å². The number of anilines is 3. The molecule has 0 radical (unpaired) electrons. The molecule has 0 saturated carbocycles. The number of methoxy groups -OCH3 is 1. The van der Waals surface area contributed by atoms with Gasteiger partial charge in [0.1, 0.15) is 12.9 Å². The number of carboxylic acid groups (broad SMARTS) is 1.